The summed E-state index contributed by atoms with van der Waals surface area (Å²) in [6, 6.07) is 0.0237. The smallest absolute Gasteiger partial charge is 0.238 e. The van der Waals surface area contributed by atoms with Gasteiger partial charge in [-0.2, -0.15) is 0 Å². The molecule has 0 radical (unpaired) electrons. The first-order chi connectivity index (χ1) is 6.34. The van der Waals surface area contributed by atoms with Crippen LogP contribution in [0.1, 0.15) is 13.3 Å². The third-order valence-corrected chi connectivity index (χ3v) is 2.82. The summed E-state index contributed by atoms with van der Waals surface area (Å²) in [5.41, 5.74) is 0. The Kier molecular flexibility index (Phi) is 4.93. The van der Waals surface area contributed by atoms with Gasteiger partial charge in [0.1, 0.15) is 0 Å². The van der Waals surface area contributed by atoms with E-state index in [0.717, 1.165) is 24.6 Å². The Morgan fingerprint density at radius 1 is 1.77 bits per heavy atom. The lowest BCUT2D eigenvalue weighted by Crippen LogP contribution is -2.42. The molecule has 1 fully saturated rings. The second-order valence-electron chi connectivity index (χ2n) is 2.92. The Labute approximate surface area is 83.3 Å². The van der Waals surface area contributed by atoms with Gasteiger partial charge in [0.2, 0.25) is 5.91 Å². The number of amides is 1. The summed E-state index contributed by atoms with van der Waals surface area (Å²) in [6.45, 7) is 2.73. The van der Waals surface area contributed by atoms with E-state index in [2.05, 4.69) is 16.7 Å². The number of nitrogens with one attached hydrogen (secondary N) is 2. The van der Waals surface area contributed by atoms with Crippen molar-refractivity contribution in [1.82, 2.24) is 10.6 Å². The van der Waals surface area contributed by atoms with Crippen molar-refractivity contribution < 1.29 is 4.79 Å². The van der Waals surface area contributed by atoms with Gasteiger partial charge in [0.05, 0.1) is 6.04 Å². The van der Waals surface area contributed by atoms with Gasteiger partial charge in [-0.25, -0.2) is 0 Å². The van der Waals surface area contributed by atoms with E-state index < -0.39 is 0 Å². The average molecular weight is 200 g/mol. The number of carbonyl (C=O) groups excluding carboxylic acids is 1. The molecule has 0 aromatic carbocycles. The standard InChI is InChI=1S/C9H16N2OS/c1-2-3-4-5-10-9(12)8-6-13-7-11-8/h2-3,8,11H,4-7H2,1H3,(H,10,12)/b3-2+. The van der Waals surface area contributed by atoms with Gasteiger partial charge < -0.3 is 5.32 Å². The van der Waals surface area contributed by atoms with Crippen LogP contribution in [-0.4, -0.2) is 30.1 Å². The molecule has 0 aliphatic carbocycles. The van der Waals surface area contributed by atoms with E-state index in [1.807, 2.05) is 13.0 Å². The summed E-state index contributed by atoms with van der Waals surface area (Å²) in [4.78, 5) is 11.4. The summed E-state index contributed by atoms with van der Waals surface area (Å²) < 4.78 is 0. The van der Waals surface area contributed by atoms with E-state index in [-0.39, 0.29) is 11.9 Å². The van der Waals surface area contributed by atoms with Crippen molar-refractivity contribution in [1.29, 1.82) is 0 Å². The monoisotopic (exact) mass is 200 g/mol. The van der Waals surface area contributed by atoms with E-state index in [1.54, 1.807) is 11.8 Å². The number of rotatable bonds is 4. The Morgan fingerprint density at radius 2 is 2.62 bits per heavy atom. The van der Waals surface area contributed by atoms with Crippen molar-refractivity contribution in [2.75, 3.05) is 18.2 Å². The van der Waals surface area contributed by atoms with Crippen LogP contribution in [0.4, 0.5) is 0 Å². The largest absolute Gasteiger partial charge is 0.354 e. The fraction of sp³-hybridized carbons (Fsp3) is 0.667. The molecule has 0 aromatic heterocycles. The minimum Gasteiger partial charge on any atom is -0.354 e. The SMILES string of the molecule is C/C=C/CCNC(=O)C1CSCN1. The van der Waals surface area contributed by atoms with E-state index in [0.29, 0.717) is 0 Å². The lowest BCUT2D eigenvalue weighted by Gasteiger charge is -2.08. The first kappa shape index (κ1) is 10.6. The van der Waals surface area contributed by atoms with Crippen LogP contribution in [-0.2, 0) is 4.79 Å². The third-order valence-electron chi connectivity index (χ3n) is 1.88. The molecule has 1 aliphatic rings. The highest BCUT2D eigenvalue weighted by atomic mass is 32.2. The molecule has 1 unspecified atom stereocenters. The molecule has 0 saturated carbocycles. The predicted octanol–water partition coefficient (Wildman–Crippen LogP) is 0.731. The van der Waals surface area contributed by atoms with Gasteiger partial charge in [0.15, 0.2) is 0 Å². The van der Waals surface area contributed by atoms with E-state index in [4.69, 9.17) is 0 Å². The van der Waals surface area contributed by atoms with Gasteiger partial charge in [0.25, 0.3) is 0 Å². The minimum absolute atomic E-state index is 0.0237. The van der Waals surface area contributed by atoms with Crippen LogP contribution in [0.15, 0.2) is 12.2 Å². The van der Waals surface area contributed by atoms with Crippen molar-refractivity contribution in [2.45, 2.75) is 19.4 Å². The van der Waals surface area contributed by atoms with Crippen LogP contribution in [0.25, 0.3) is 0 Å². The number of thioether (sulfide) groups is 1. The number of hydrogen-bond acceptors (Lipinski definition) is 3. The maximum Gasteiger partial charge on any atom is 0.238 e. The number of carbonyl (C=O) groups is 1. The molecule has 0 bridgehead atoms. The molecule has 2 N–H and O–H groups in total. The highest BCUT2D eigenvalue weighted by Gasteiger charge is 2.21. The van der Waals surface area contributed by atoms with Crippen molar-refractivity contribution in [2.24, 2.45) is 0 Å². The first-order valence-electron chi connectivity index (χ1n) is 4.54. The van der Waals surface area contributed by atoms with Crippen LogP contribution in [0.5, 0.6) is 0 Å². The van der Waals surface area contributed by atoms with Gasteiger partial charge >= 0.3 is 0 Å². The summed E-state index contributed by atoms with van der Waals surface area (Å²) in [6.07, 6.45) is 4.97. The molecule has 1 amide bonds. The molecular weight excluding hydrogens is 184 g/mol. The summed E-state index contributed by atoms with van der Waals surface area (Å²) in [7, 11) is 0. The molecule has 0 aromatic rings. The molecule has 3 nitrogen and oxygen atoms in total. The lowest BCUT2D eigenvalue weighted by molar-refractivity contribution is -0.122. The second kappa shape index (κ2) is 6.05. The van der Waals surface area contributed by atoms with Crippen molar-refractivity contribution in [3.8, 4) is 0 Å². The molecule has 1 atom stereocenters. The zero-order valence-electron chi connectivity index (χ0n) is 7.88. The zero-order valence-corrected chi connectivity index (χ0v) is 8.69. The molecule has 74 valence electrons. The van der Waals surface area contributed by atoms with Gasteiger partial charge in [-0.05, 0) is 13.3 Å². The highest BCUT2D eigenvalue weighted by Crippen LogP contribution is 2.08. The number of hydrogen-bond donors (Lipinski definition) is 2. The molecule has 13 heavy (non-hydrogen) atoms. The molecule has 1 saturated heterocycles. The fourth-order valence-corrected chi connectivity index (χ4v) is 2.07. The quantitative estimate of drug-likeness (QED) is 0.519. The molecular formula is C9H16N2OS. The van der Waals surface area contributed by atoms with Gasteiger partial charge in [0, 0.05) is 18.2 Å². The van der Waals surface area contributed by atoms with Crippen molar-refractivity contribution >= 4 is 17.7 Å². The Balaban J connectivity index is 2.09. The van der Waals surface area contributed by atoms with Crippen molar-refractivity contribution in [3.05, 3.63) is 12.2 Å². The van der Waals surface area contributed by atoms with Crippen molar-refractivity contribution in [3.63, 3.8) is 0 Å². The molecule has 1 aliphatic heterocycles. The van der Waals surface area contributed by atoms with Crippen LogP contribution >= 0.6 is 11.8 Å². The van der Waals surface area contributed by atoms with E-state index in [1.165, 1.54) is 0 Å². The summed E-state index contributed by atoms with van der Waals surface area (Å²) in [5.74, 6) is 1.93. The van der Waals surface area contributed by atoms with Crippen LogP contribution < -0.4 is 10.6 Å². The summed E-state index contributed by atoms with van der Waals surface area (Å²) >= 11 is 1.77. The molecule has 0 spiro atoms. The number of allylic oxidation sites excluding steroid dienone is 1. The fourth-order valence-electron chi connectivity index (χ4n) is 1.13. The lowest BCUT2D eigenvalue weighted by atomic mass is 10.3. The van der Waals surface area contributed by atoms with Crippen LogP contribution in [0.2, 0.25) is 0 Å². The molecule has 1 rings (SSSR count). The minimum atomic E-state index is 0.0237. The zero-order chi connectivity index (χ0) is 9.52. The van der Waals surface area contributed by atoms with Gasteiger partial charge in [-0.3, -0.25) is 10.1 Å². The second-order valence-corrected chi connectivity index (χ2v) is 3.95. The Hall–Kier alpha value is -0.480. The average Bonchev–Trinajstić information content (AvgIpc) is 2.65. The highest BCUT2D eigenvalue weighted by molar-refractivity contribution is 7.99. The van der Waals surface area contributed by atoms with Crippen LogP contribution in [0, 0.1) is 0 Å². The van der Waals surface area contributed by atoms with Gasteiger partial charge in [-0.15, -0.1) is 11.8 Å². The maximum atomic E-state index is 11.4. The van der Waals surface area contributed by atoms with Gasteiger partial charge in [-0.1, -0.05) is 12.2 Å². The predicted molar refractivity (Wildman–Crippen MR) is 56.7 cm³/mol. The third kappa shape index (κ3) is 3.83. The maximum absolute atomic E-state index is 11.4. The summed E-state index contributed by atoms with van der Waals surface area (Å²) in [5, 5.41) is 6.02. The van der Waals surface area contributed by atoms with Crippen LogP contribution in [0.3, 0.4) is 0 Å². The van der Waals surface area contributed by atoms with E-state index in [9.17, 15) is 4.79 Å². The topological polar surface area (TPSA) is 41.1 Å². The normalized spacial score (nSPS) is 22.4. The molecule has 4 heteroatoms. The molecule has 1 heterocycles. The first-order valence-corrected chi connectivity index (χ1v) is 5.70. The Bertz CT molecular complexity index is 188. The van der Waals surface area contributed by atoms with E-state index >= 15 is 0 Å². The Morgan fingerprint density at radius 3 is 3.23 bits per heavy atom.